The maximum Gasteiger partial charge on any atom is 0.280 e. The third-order valence-electron chi connectivity index (χ3n) is 3.92. The van der Waals surface area contributed by atoms with E-state index in [0.29, 0.717) is 26.1 Å². The van der Waals surface area contributed by atoms with E-state index >= 15 is 0 Å². The number of carbonyl (C=O) groups excluding carboxylic acids is 1. The number of pyridine rings is 1. The Hall–Kier alpha value is -3.07. The molecule has 3 rings (SSSR count). The molecule has 1 aromatic carbocycles. The molecule has 2 heterocycles. The molecule has 0 bridgehead atoms. The summed E-state index contributed by atoms with van der Waals surface area (Å²) >= 11 is 0. The van der Waals surface area contributed by atoms with Crippen LogP contribution in [0.4, 0.5) is 14.6 Å². The monoisotopic (exact) mass is 376 g/mol. The zero-order chi connectivity index (χ0) is 19.2. The average Bonchev–Trinajstić information content (AvgIpc) is 2.64. The minimum Gasteiger partial charge on any atom is -0.493 e. The number of anilines is 1. The van der Waals surface area contributed by atoms with Gasteiger partial charge in [0.2, 0.25) is 11.8 Å². The minimum absolute atomic E-state index is 0.0139. The zero-order valence-electron chi connectivity index (χ0n) is 14.3. The summed E-state index contributed by atoms with van der Waals surface area (Å²) in [6.07, 6.45) is 1.43. The molecule has 9 heteroatoms. The van der Waals surface area contributed by atoms with E-state index in [0.717, 1.165) is 18.2 Å². The molecule has 0 spiro atoms. The van der Waals surface area contributed by atoms with Crippen molar-refractivity contribution in [3.8, 4) is 5.88 Å². The molecule has 1 amide bonds. The number of aromatic nitrogens is 1. The maximum atomic E-state index is 13.4. The standard InChI is InChI=1S/C18H18F2N4O3/c19-13-5-4-11(10-14(13)20)17(26)24-18(21-12-6-8-27-9-7-12)23-15-2-1-3-16(25)22-15/h1-5,10,12H,6-9H2,(H3,21,22,23,24,25,26). The maximum absolute atomic E-state index is 13.4. The summed E-state index contributed by atoms with van der Waals surface area (Å²) in [7, 11) is 0. The average molecular weight is 376 g/mol. The van der Waals surface area contributed by atoms with Crippen LogP contribution >= 0.6 is 0 Å². The van der Waals surface area contributed by atoms with Crippen LogP contribution in [0.15, 0.2) is 41.4 Å². The van der Waals surface area contributed by atoms with Crippen LogP contribution in [0.1, 0.15) is 23.2 Å². The van der Waals surface area contributed by atoms with Crippen LogP contribution in [-0.4, -0.2) is 41.2 Å². The fraction of sp³-hybridized carbons (Fsp3) is 0.278. The molecule has 1 saturated heterocycles. The molecular weight excluding hydrogens is 358 g/mol. The molecule has 3 N–H and O–H groups in total. The number of ether oxygens (including phenoxy) is 1. The predicted octanol–water partition coefficient (Wildman–Crippen LogP) is 2.44. The van der Waals surface area contributed by atoms with Gasteiger partial charge in [0.15, 0.2) is 11.6 Å². The lowest BCUT2D eigenvalue weighted by Gasteiger charge is -2.25. The lowest BCUT2D eigenvalue weighted by atomic mass is 10.1. The Balaban J connectivity index is 1.83. The summed E-state index contributed by atoms with van der Waals surface area (Å²) in [5, 5.41) is 15.4. The van der Waals surface area contributed by atoms with Crippen molar-refractivity contribution in [2.45, 2.75) is 18.9 Å². The van der Waals surface area contributed by atoms with Gasteiger partial charge in [0.05, 0.1) is 0 Å². The van der Waals surface area contributed by atoms with Gasteiger partial charge in [-0.3, -0.25) is 4.79 Å². The van der Waals surface area contributed by atoms with E-state index in [1.807, 2.05) is 0 Å². The number of nitrogens with zero attached hydrogens (tertiary/aromatic N) is 2. The van der Waals surface area contributed by atoms with Crippen molar-refractivity contribution in [3.63, 3.8) is 0 Å². The molecular formula is C18H18F2N4O3. The molecule has 142 valence electrons. The van der Waals surface area contributed by atoms with Crippen molar-refractivity contribution in [2.75, 3.05) is 18.5 Å². The second-order valence-electron chi connectivity index (χ2n) is 5.93. The van der Waals surface area contributed by atoms with Crippen molar-refractivity contribution in [2.24, 2.45) is 4.99 Å². The molecule has 1 aliphatic heterocycles. The van der Waals surface area contributed by atoms with Gasteiger partial charge in [-0.15, -0.1) is 0 Å². The van der Waals surface area contributed by atoms with Crippen LogP contribution < -0.4 is 10.6 Å². The van der Waals surface area contributed by atoms with Gasteiger partial charge in [-0.2, -0.15) is 9.98 Å². The zero-order valence-corrected chi connectivity index (χ0v) is 14.3. The number of hydrogen-bond donors (Lipinski definition) is 3. The first-order valence-corrected chi connectivity index (χ1v) is 8.36. The molecule has 0 unspecified atom stereocenters. The fourth-order valence-corrected chi connectivity index (χ4v) is 2.54. The van der Waals surface area contributed by atoms with Gasteiger partial charge in [-0.1, -0.05) is 6.07 Å². The van der Waals surface area contributed by atoms with Gasteiger partial charge in [0.1, 0.15) is 5.82 Å². The third kappa shape index (κ3) is 5.20. The third-order valence-corrected chi connectivity index (χ3v) is 3.92. The first kappa shape index (κ1) is 18.7. The van der Waals surface area contributed by atoms with Crippen molar-refractivity contribution in [3.05, 3.63) is 53.6 Å². The van der Waals surface area contributed by atoms with Gasteiger partial charge in [0, 0.05) is 30.9 Å². The van der Waals surface area contributed by atoms with E-state index < -0.39 is 17.5 Å². The number of rotatable bonds is 3. The lowest BCUT2D eigenvalue weighted by molar-refractivity contribution is 0.0824. The summed E-state index contributed by atoms with van der Waals surface area (Å²) in [5.41, 5.74) is -0.0918. The molecule has 0 atom stereocenters. The Bertz CT molecular complexity index is 854. The molecule has 2 aromatic rings. The minimum atomic E-state index is -1.13. The van der Waals surface area contributed by atoms with E-state index in [9.17, 15) is 18.7 Å². The van der Waals surface area contributed by atoms with Crippen molar-refractivity contribution < 1.29 is 23.4 Å². The second kappa shape index (κ2) is 8.54. The summed E-state index contributed by atoms with van der Waals surface area (Å²) in [4.78, 5) is 20.2. The normalized spacial score (nSPS) is 15.4. The number of guanidine groups is 1. The summed E-state index contributed by atoms with van der Waals surface area (Å²) < 4.78 is 31.8. The van der Waals surface area contributed by atoms with Crippen LogP contribution in [0.3, 0.4) is 0 Å². The SMILES string of the molecule is O=C(/N=C(\Nc1cccc(O)n1)NC1CCOCC1)c1ccc(F)c(F)c1. The smallest absolute Gasteiger partial charge is 0.280 e. The Morgan fingerprint density at radius 1 is 1.19 bits per heavy atom. The number of carbonyl (C=O) groups is 1. The number of hydrogen-bond acceptors (Lipinski definition) is 4. The number of amides is 1. The molecule has 27 heavy (non-hydrogen) atoms. The highest BCUT2D eigenvalue weighted by atomic mass is 19.2. The highest BCUT2D eigenvalue weighted by molar-refractivity contribution is 6.06. The van der Waals surface area contributed by atoms with E-state index in [-0.39, 0.29) is 29.3 Å². The topological polar surface area (TPSA) is 95.8 Å². The van der Waals surface area contributed by atoms with E-state index in [1.54, 1.807) is 12.1 Å². The summed E-state index contributed by atoms with van der Waals surface area (Å²) in [6, 6.07) is 7.40. The fourth-order valence-electron chi connectivity index (χ4n) is 2.54. The molecule has 1 aliphatic rings. The molecule has 0 aliphatic carbocycles. The van der Waals surface area contributed by atoms with Crippen molar-refractivity contribution >= 4 is 17.7 Å². The number of nitrogens with one attached hydrogen (secondary N) is 2. The Morgan fingerprint density at radius 3 is 2.67 bits per heavy atom. The van der Waals surface area contributed by atoms with Crippen molar-refractivity contribution in [1.82, 2.24) is 10.3 Å². The molecule has 0 saturated carbocycles. The number of aromatic hydroxyl groups is 1. The number of halogens is 2. The molecule has 1 fully saturated rings. The van der Waals surface area contributed by atoms with E-state index in [2.05, 4.69) is 20.6 Å². The first-order chi connectivity index (χ1) is 13.0. The largest absolute Gasteiger partial charge is 0.493 e. The number of benzene rings is 1. The lowest BCUT2D eigenvalue weighted by Crippen LogP contribution is -2.42. The molecule has 7 nitrogen and oxygen atoms in total. The molecule has 0 radical (unpaired) electrons. The number of aliphatic imine (C=N–C) groups is 1. The van der Waals surface area contributed by atoms with Crippen LogP contribution in [-0.2, 0) is 4.74 Å². The van der Waals surface area contributed by atoms with E-state index in [4.69, 9.17) is 4.74 Å². The predicted molar refractivity (Wildman–Crippen MR) is 94.6 cm³/mol. The van der Waals surface area contributed by atoms with Gasteiger partial charge in [-0.05, 0) is 37.1 Å². The summed E-state index contributed by atoms with van der Waals surface area (Å²) in [6.45, 7) is 1.15. The van der Waals surface area contributed by atoms with Crippen LogP contribution in [0.25, 0.3) is 0 Å². The molecule has 1 aromatic heterocycles. The first-order valence-electron chi connectivity index (χ1n) is 8.36. The highest BCUT2D eigenvalue weighted by Gasteiger charge is 2.17. The van der Waals surface area contributed by atoms with E-state index in [1.165, 1.54) is 6.07 Å². The highest BCUT2D eigenvalue weighted by Crippen LogP contribution is 2.13. The Kier molecular flexibility index (Phi) is 5.92. The van der Waals surface area contributed by atoms with Crippen LogP contribution in [0.5, 0.6) is 5.88 Å². The van der Waals surface area contributed by atoms with Crippen LogP contribution in [0, 0.1) is 11.6 Å². The van der Waals surface area contributed by atoms with Crippen molar-refractivity contribution in [1.29, 1.82) is 0 Å². The van der Waals surface area contributed by atoms with Gasteiger partial charge in [-0.25, -0.2) is 8.78 Å². The Labute approximate surface area is 154 Å². The Morgan fingerprint density at radius 2 is 1.96 bits per heavy atom. The van der Waals surface area contributed by atoms with Crippen LogP contribution in [0.2, 0.25) is 0 Å². The quantitative estimate of drug-likeness (QED) is 0.563. The summed E-state index contributed by atoms with van der Waals surface area (Å²) in [5.74, 6) is -2.76. The van der Waals surface area contributed by atoms with Gasteiger partial charge in [0.25, 0.3) is 5.91 Å². The van der Waals surface area contributed by atoms with Gasteiger partial charge >= 0.3 is 0 Å². The van der Waals surface area contributed by atoms with Gasteiger partial charge < -0.3 is 20.5 Å². The second-order valence-corrected chi connectivity index (χ2v) is 5.93.